The van der Waals surface area contributed by atoms with Crippen LogP contribution in [-0.2, 0) is 0 Å². The van der Waals surface area contributed by atoms with Crippen LogP contribution >= 0.6 is 12.2 Å². The Morgan fingerprint density at radius 3 is 2.89 bits per heavy atom. The van der Waals surface area contributed by atoms with Crippen LogP contribution in [0.15, 0.2) is 47.1 Å². The Bertz CT molecular complexity index is 721. The molecule has 0 unspecified atom stereocenters. The van der Waals surface area contributed by atoms with Gasteiger partial charge >= 0.3 is 0 Å². The van der Waals surface area contributed by atoms with Gasteiger partial charge in [-0.25, -0.2) is 4.98 Å². The summed E-state index contributed by atoms with van der Waals surface area (Å²) < 4.78 is 5.65. The van der Waals surface area contributed by atoms with Gasteiger partial charge in [0, 0.05) is 18.0 Å². The van der Waals surface area contributed by atoms with Crippen LogP contribution < -0.4 is 5.73 Å². The molecule has 5 heteroatoms. The lowest BCUT2D eigenvalue weighted by atomic mass is 10.2. The third kappa shape index (κ3) is 1.84. The van der Waals surface area contributed by atoms with Gasteiger partial charge in [-0.1, -0.05) is 12.2 Å². The van der Waals surface area contributed by atoms with Crippen molar-refractivity contribution in [2.75, 3.05) is 0 Å². The average molecular weight is 255 g/mol. The molecule has 3 aromatic rings. The van der Waals surface area contributed by atoms with Crippen molar-refractivity contribution in [2.45, 2.75) is 0 Å². The van der Waals surface area contributed by atoms with Crippen molar-refractivity contribution in [1.82, 2.24) is 9.97 Å². The molecule has 2 aromatic heterocycles. The van der Waals surface area contributed by atoms with Crippen molar-refractivity contribution in [3.05, 3.63) is 48.3 Å². The molecule has 2 N–H and O–H groups in total. The van der Waals surface area contributed by atoms with Crippen LogP contribution in [0.5, 0.6) is 0 Å². The number of rotatable bonds is 2. The normalized spacial score (nSPS) is 10.7. The summed E-state index contributed by atoms with van der Waals surface area (Å²) in [5, 5.41) is 0. The van der Waals surface area contributed by atoms with Gasteiger partial charge in [0.1, 0.15) is 10.5 Å². The Balaban J connectivity index is 2.14. The summed E-state index contributed by atoms with van der Waals surface area (Å²) >= 11 is 4.93. The zero-order chi connectivity index (χ0) is 12.5. The first-order chi connectivity index (χ1) is 8.74. The summed E-state index contributed by atoms with van der Waals surface area (Å²) in [7, 11) is 0. The highest BCUT2D eigenvalue weighted by atomic mass is 32.1. The Labute approximate surface area is 108 Å². The van der Waals surface area contributed by atoms with Gasteiger partial charge in [0.15, 0.2) is 5.58 Å². The monoisotopic (exact) mass is 255 g/mol. The molecule has 0 aliphatic heterocycles. The van der Waals surface area contributed by atoms with Crippen LogP contribution in [0.3, 0.4) is 0 Å². The lowest BCUT2D eigenvalue weighted by molar-refractivity contribution is 0.619. The van der Waals surface area contributed by atoms with E-state index in [0.29, 0.717) is 16.5 Å². The molecule has 0 fully saturated rings. The molecule has 0 amide bonds. The first-order valence-corrected chi connectivity index (χ1v) is 5.75. The largest absolute Gasteiger partial charge is 0.436 e. The molecular weight excluding hydrogens is 246 g/mol. The maximum Gasteiger partial charge on any atom is 0.228 e. The van der Waals surface area contributed by atoms with E-state index in [4.69, 9.17) is 22.4 Å². The summed E-state index contributed by atoms with van der Waals surface area (Å²) in [6.45, 7) is 0. The molecular formula is C13H9N3OS. The minimum absolute atomic E-state index is 0.350. The molecule has 3 rings (SSSR count). The maximum atomic E-state index is 5.65. The van der Waals surface area contributed by atoms with Crippen LogP contribution in [-0.4, -0.2) is 15.0 Å². The Hall–Kier alpha value is -2.27. The highest BCUT2D eigenvalue weighted by Gasteiger charge is 2.09. The first-order valence-electron chi connectivity index (χ1n) is 5.35. The molecule has 0 spiro atoms. The second kappa shape index (κ2) is 4.19. The number of hydrogen-bond acceptors (Lipinski definition) is 4. The van der Waals surface area contributed by atoms with Gasteiger partial charge < -0.3 is 10.2 Å². The van der Waals surface area contributed by atoms with Gasteiger partial charge in [0.2, 0.25) is 5.89 Å². The minimum atomic E-state index is 0.350. The molecule has 0 aliphatic rings. The fourth-order valence-corrected chi connectivity index (χ4v) is 1.82. The Morgan fingerprint density at radius 2 is 2.17 bits per heavy atom. The third-order valence-electron chi connectivity index (χ3n) is 2.58. The van der Waals surface area contributed by atoms with Gasteiger partial charge in [0.05, 0.1) is 5.56 Å². The first kappa shape index (κ1) is 10.9. The van der Waals surface area contributed by atoms with E-state index in [-0.39, 0.29) is 0 Å². The second-order valence-electron chi connectivity index (χ2n) is 3.81. The SMILES string of the molecule is NC(=S)c1ccc2oc(-c3cccnc3)nc2c1. The van der Waals surface area contributed by atoms with Gasteiger partial charge in [-0.05, 0) is 30.3 Å². The van der Waals surface area contributed by atoms with Crippen LogP contribution in [0.25, 0.3) is 22.6 Å². The Kier molecular flexibility index (Phi) is 2.53. The topological polar surface area (TPSA) is 64.9 Å². The number of fused-ring (bicyclic) bond motifs is 1. The maximum absolute atomic E-state index is 5.65. The van der Waals surface area contributed by atoms with Gasteiger partial charge in [-0.15, -0.1) is 0 Å². The van der Waals surface area contributed by atoms with Crippen LogP contribution in [0.4, 0.5) is 0 Å². The summed E-state index contributed by atoms with van der Waals surface area (Å²) in [6, 6.07) is 9.19. The predicted molar refractivity (Wildman–Crippen MR) is 73.1 cm³/mol. The molecule has 4 nitrogen and oxygen atoms in total. The third-order valence-corrected chi connectivity index (χ3v) is 2.82. The lowest BCUT2D eigenvalue weighted by Gasteiger charge is -1.94. The zero-order valence-electron chi connectivity index (χ0n) is 9.33. The fourth-order valence-electron chi connectivity index (χ4n) is 1.69. The molecule has 0 atom stereocenters. The number of nitrogens with two attached hydrogens (primary N) is 1. The number of thiocarbonyl (C=S) groups is 1. The van der Waals surface area contributed by atoms with E-state index in [1.807, 2.05) is 30.3 Å². The minimum Gasteiger partial charge on any atom is -0.436 e. The standard InChI is InChI=1S/C13H9N3OS/c14-12(18)8-3-4-11-10(6-8)16-13(17-11)9-2-1-5-15-7-9/h1-7H,(H2,14,18). The molecule has 1 aromatic carbocycles. The van der Waals surface area contributed by atoms with Crippen molar-refractivity contribution in [1.29, 1.82) is 0 Å². The molecule has 0 aliphatic carbocycles. The van der Waals surface area contributed by atoms with Crippen molar-refractivity contribution in [2.24, 2.45) is 5.73 Å². The molecule has 0 bridgehead atoms. The summed E-state index contributed by atoms with van der Waals surface area (Å²) in [6.07, 6.45) is 3.41. The number of oxazole rings is 1. The van der Waals surface area contributed by atoms with E-state index in [2.05, 4.69) is 9.97 Å². The Morgan fingerprint density at radius 1 is 1.28 bits per heavy atom. The van der Waals surface area contributed by atoms with Crippen LogP contribution in [0.1, 0.15) is 5.56 Å². The van der Waals surface area contributed by atoms with E-state index in [1.165, 1.54) is 0 Å². The van der Waals surface area contributed by atoms with Crippen molar-refractivity contribution in [3.63, 3.8) is 0 Å². The summed E-state index contributed by atoms with van der Waals surface area (Å²) in [5.74, 6) is 0.540. The van der Waals surface area contributed by atoms with Crippen molar-refractivity contribution in [3.8, 4) is 11.5 Å². The summed E-state index contributed by atoms with van der Waals surface area (Å²) in [4.78, 5) is 8.79. The quantitative estimate of drug-likeness (QED) is 0.713. The second-order valence-corrected chi connectivity index (χ2v) is 4.25. The molecule has 0 radical (unpaired) electrons. The lowest BCUT2D eigenvalue weighted by Crippen LogP contribution is -2.08. The van der Waals surface area contributed by atoms with Gasteiger partial charge in [-0.2, -0.15) is 0 Å². The number of pyridine rings is 1. The number of aromatic nitrogens is 2. The highest BCUT2D eigenvalue weighted by Crippen LogP contribution is 2.24. The number of benzene rings is 1. The molecule has 2 heterocycles. The summed E-state index contributed by atoms with van der Waals surface area (Å²) in [5.41, 5.74) is 8.64. The van der Waals surface area contributed by atoms with Crippen LogP contribution in [0.2, 0.25) is 0 Å². The van der Waals surface area contributed by atoms with Crippen molar-refractivity contribution < 1.29 is 4.42 Å². The van der Waals surface area contributed by atoms with E-state index < -0.39 is 0 Å². The van der Waals surface area contributed by atoms with E-state index >= 15 is 0 Å². The molecule has 18 heavy (non-hydrogen) atoms. The van der Waals surface area contributed by atoms with Crippen LogP contribution in [0, 0.1) is 0 Å². The number of hydrogen-bond donors (Lipinski definition) is 1. The molecule has 0 saturated heterocycles. The smallest absolute Gasteiger partial charge is 0.228 e. The highest BCUT2D eigenvalue weighted by molar-refractivity contribution is 7.80. The zero-order valence-corrected chi connectivity index (χ0v) is 10.1. The molecule has 0 saturated carbocycles. The van der Waals surface area contributed by atoms with Crippen molar-refractivity contribution >= 4 is 28.3 Å². The van der Waals surface area contributed by atoms with E-state index in [0.717, 1.165) is 16.6 Å². The predicted octanol–water partition coefficient (Wildman–Crippen LogP) is 2.52. The fraction of sp³-hybridized carbons (Fsp3) is 0. The van der Waals surface area contributed by atoms with Gasteiger partial charge in [0.25, 0.3) is 0 Å². The molecule has 88 valence electrons. The average Bonchev–Trinajstić information content (AvgIpc) is 2.82. The number of nitrogens with zero attached hydrogens (tertiary/aromatic N) is 2. The van der Waals surface area contributed by atoms with Gasteiger partial charge in [-0.3, -0.25) is 4.98 Å². The van der Waals surface area contributed by atoms with E-state index in [1.54, 1.807) is 12.4 Å². The van der Waals surface area contributed by atoms with E-state index in [9.17, 15) is 0 Å².